The summed E-state index contributed by atoms with van der Waals surface area (Å²) >= 11 is 0. The molecule has 0 aliphatic carbocycles. The first-order valence-electron chi connectivity index (χ1n) is 8.44. The molecular formula is C20H24FNO3. The van der Waals surface area contributed by atoms with Gasteiger partial charge in [-0.3, -0.25) is 4.79 Å². The molecule has 0 heterocycles. The molecule has 134 valence electrons. The summed E-state index contributed by atoms with van der Waals surface area (Å²) < 4.78 is 24.1. The van der Waals surface area contributed by atoms with Crippen molar-refractivity contribution in [1.82, 2.24) is 5.32 Å². The number of ether oxygens (including phenoxy) is 2. The van der Waals surface area contributed by atoms with E-state index in [1.54, 1.807) is 12.1 Å². The number of benzene rings is 2. The van der Waals surface area contributed by atoms with E-state index in [0.717, 1.165) is 18.6 Å². The third-order valence-corrected chi connectivity index (χ3v) is 3.45. The first kappa shape index (κ1) is 18.8. The predicted octanol–water partition coefficient (Wildman–Crippen LogP) is 3.74. The van der Waals surface area contributed by atoms with E-state index >= 15 is 0 Å². The zero-order chi connectivity index (χ0) is 18.1. The topological polar surface area (TPSA) is 47.6 Å². The Kier molecular flexibility index (Phi) is 7.26. The van der Waals surface area contributed by atoms with Gasteiger partial charge >= 0.3 is 0 Å². The van der Waals surface area contributed by atoms with Crippen molar-refractivity contribution < 1.29 is 18.7 Å². The summed E-state index contributed by atoms with van der Waals surface area (Å²) in [5, 5.41) is 2.77. The molecule has 2 aromatic rings. The smallest absolute Gasteiger partial charge is 0.257 e. The molecule has 5 heteroatoms. The van der Waals surface area contributed by atoms with Crippen LogP contribution in [0.15, 0.2) is 48.5 Å². The molecule has 2 aromatic carbocycles. The lowest BCUT2D eigenvalue weighted by Crippen LogP contribution is -2.30. The van der Waals surface area contributed by atoms with Crippen LogP contribution in [-0.2, 0) is 11.2 Å². The Hall–Kier alpha value is -2.56. The second-order valence-electron chi connectivity index (χ2n) is 5.98. The van der Waals surface area contributed by atoms with Gasteiger partial charge < -0.3 is 14.8 Å². The van der Waals surface area contributed by atoms with Gasteiger partial charge in [0.05, 0.1) is 6.10 Å². The Bertz CT molecular complexity index is 671. The third-order valence-electron chi connectivity index (χ3n) is 3.45. The lowest BCUT2D eigenvalue weighted by Gasteiger charge is -2.10. The highest BCUT2D eigenvalue weighted by Gasteiger charge is 2.06. The SMILES string of the molecule is CC(C)Oc1ccc(CCCNC(=O)COc2ccccc2F)cc1. The number of amides is 1. The monoisotopic (exact) mass is 345 g/mol. The van der Waals surface area contributed by atoms with Crippen LogP contribution in [0.2, 0.25) is 0 Å². The van der Waals surface area contributed by atoms with Crippen LogP contribution in [-0.4, -0.2) is 25.2 Å². The van der Waals surface area contributed by atoms with E-state index in [1.807, 2.05) is 38.1 Å². The molecule has 0 atom stereocenters. The molecule has 0 aliphatic heterocycles. The predicted molar refractivity (Wildman–Crippen MR) is 95.4 cm³/mol. The number of para-hydroxylation sites is 1. The largest absolute Gasteiger partial charge is 0.491 e. The van der Waals surface area contributed by atoms with Crippen LogP contribution in [0.1, 0.15) is 25.8 Å². The summed E-state index contributed by atoms with van der Waals surface area (Å²) in [6.45, 7) is 4.34. The molecule has 0 aromatic heterocycles. The van der Waals surface area contributed by atoms with Gasteiger partial charge in [0.2, 0.25) is 0 Å². The molecule has 4 nitrogen and oxygen atoms in total. The molecule has 2 rings (SSSR count). The minimum absolute atomic E-state index is 0.0846. The fourth-order valence-electron chi connectivity index (χ4n) is 2.28. The summed E-state index contributed by atoms with van der Waals surface area (Å²) in [6, 6.07) is 14.0. The van der Waals surface area contributed by atoms with Gasteiger partial charge in [-0.15, -0.1) is 0 Å². The summed E-state index contributed by atoms with van der Waals surface area (Å²) in [7, 11) is 0. The van der Waals surface area contributed by atoms with E-state index in [2.05, 4.69) is 5.32 Å². The lowest BCUT2D eigenvalue weighted by atomic mass is 10.1. The molecule has 0 spiro atoms. The van der Waals surface area contributed by atoms with E-state index in [1.165, 1.54) is 17.7 Å². The summed E-state index contributed by atoms with van der Waals surface area (Å²) in [5.74, 6) is 0.211. The van der Waals surface area contributed by atoms with Crippen LogP contribution in [0.5, 0.6) is 11.5 Å². The normalized spacial score (nSPS) is 10.6. The minimum Gasteiger partial charge on any atom is -0.491 e. The van der Waals surface area contributed by atoms with Crippen molar-refractivity contribution in [2.75, 3.05) is 13.2 Å². The number of carbonyl (C=O) groups is 1. The number of nitrogens with one attached hydrogen (secondary N) is 1. The zero-order valence-corrected chi connectivity index (χ0v) is 14.6. The summed E-state index contributed by atoms with van der Waals surface area (Å²) in [6.07, 6.45) is 1.83. The second kappa shape index (κ2) is 9.67. The molecule has 0 bridgehead atoms. The van der Waals surface area contributed by atoms with Gasteiger partial charge in [0.1, 0.15) is 5.75 Å². The fraction of sp³-hybridized carbons (Fsp3) is 0.350. The molecule has 1 N–H and O–H groups in total. The van der Waals surface area contributed by atoms with Gasteiger partial charge in [-0.25, -0.2) is 4.39 Å². The maximum atomic E-state index is 13.4. The van der Waals surface area contributed by atoms with Crippen LogP contribution in [0.3, 0.4) is 0 Å². The standard InChI is InChI=1S/C20H24FNO3/c1-15(2)25-17-11-9-16(10-12-17)6-5-13-22-20(23)14-24-19-8-4-3-7-18(19)21/h3-4,7-12,15H,5-6,13-14H2,1-2H3,(H,22,23). The highest BCUT2D eigenvalue weighted by molar-refractivity contribution is 5.77. The van der Waals surface area contributed by atoms with Crippen molar-refractivity contribution in [1.29, 1.82) is 0 Å². The Labute approximate surface area is 148 Å². The minimum atomic E-state index is -0.472. The van der Waals surface area contributed by atoms with Crippen molar-refractivity contribution in [3.63, 3.8) is 0 Å². The average Bonchev–Trinajstić information content (AvgIpc) is 2.59. The van der Waals surface area contributed by atoms with E-state index < -0.39 is 5.82 Å². The number of rotatable bonds is 9. The quantitative estimate of drug-likeness (QED) is 0.704. The Morgan fingerprint density at radius 2 is 1.84 bits per heavy atom. The first-order valence-corrected chi connectivity index (χ1v) is 8.44. The Morgan fingerprint density at radius 1 is 1.12 bits per heavy atom. The van der Waals surface area contributed by atoms with Crippen LogP contribution in [0.25, 0.3) is 0 Å². The Morgan fingerprint density at radius 3 is 2.52 bits per heavy atom. The van der Waals surface area contributed by atoms with Gasteiger partial charge in [0, 0.05) is 6.54 Å². The van der Waals surface area contributed by atoms with Gasteiger partial charge in [-0.05, 0) is 56.5 Å². The molecule has 0 aliphatic rings. The van der Waals surface area contributed by atoms with Gasteiger partial charge in [-0.1, -0.05) is 24.3 Å². The molecule has 0 saturated carbocycles. The number of halogens is 1. The third kappa shape index (κ3) is 6.83. The molecule has 0 saturated heterocycles. The van der Waals surface area contributed by atoms with Gasteiger partial charge in [-0.2, -0.15) is 0 Å². The highest BCUT2D eigenvalue weighted by atomic mass is 19.1. The number of hydrogen-bond donors (Lipinski definition) is 1. The van der Waals surface area contributed by atoms with Crippen molar-refractivity contribution in [3.05, 3.63) is 59.9 Å². The van der Waals surface area contributed by atoms with Crippen LogP contribution >= 0.6 is 0 Å². The highest BCUT2D eigenvalue weighted by Crippen LogP contribution is 2.15. The van der Waals surface area contributed by atoms with E-state index in [0.29, 0.717) is 6.54 Å². The number of carbonyl (C=O) groups excluding carboxylic acids is 1. The van der Waals surface area contributed by atoms with Crippen LogP contribution < -0.4 is 14.8 Å². The molecule has 25 heavy (non-hydrogen) atoms. The number of hydrogen-bond acceptors (Lipinski definition) is 3. The molecule has 0 fully saturated rings. The fourth-order valence-corrected chi connectivity index (χ4v) is 2.28. The molecule has 0 unspecified atom stereocenters. The van der Waals surface area contributed by atoms with E-state index in [4.69, 9.17) is 9.47 Å². The maximum absolute atomic E-state index is 13.4. The van der Waals surface area contributed by atoms with Crippen LogP contribution in [0.4, 0.5) is 4.39 Å². The maximum Gasteiger partial charge on any atom is 0.257 e. The van der Waals surface area contributed by atoms with Crippen molar-refractivity contribution in [2.45, 2.75) is 32.8 Å². The van der Waals surface area contributed by atoms with E-state index in [9.17, 15) is 9.18 Å². The average molecular weight is 345 g/mol. The molecule has 1 amide bonds. The van der Waals surface area contributed by atoms with E-state index in [-0.39, 0.29) is 24.4 Å². The number of aryl methyl sites for hydroxylation is 1. The van der Waals surface area contributed by atoms with Gasteiger partial charge in [0.15, 0.2) is 18.2 Å². The summed E-state index contributed by atoms with van der Waals surface area (Å²) in [5.41, 5.74) is 1.19. The van der Waals surface area contributed by atoms with Crippen molar-refractivity contribution in [3.8, 4) is 11.5 Å². The van der Waals surface area contributed by atoms with Crippen LogP contribution in [0, 0.1) is 5.82 Å². The lowest BCUT2D eigenvalue weighted by molar-refractivity contribution is -0.123. The molecular weight excluding hydrogens is 321 g/mol. The van der Waals surface area contributed by atoms with Crippen molar-refractivity contribution >= 4 is 5.91 Å². The molecule has 0 radical (unpaired) electrons. The zero-order valence-electron chi connectivity index (χ0n) is 14.6. The Balaban J connectivity index is 1.63. The summed E-state index contributed by atoms with van der Waals surface area (Å²) in [4.78, 5) is 11.7. The first-order chi connectivity index (χ1) is 12.0. The van der Waals surface area contributed by atoms with Gasteiger partial charge in [0.25, 0.3) is 5.91 Å². The second-order valence-corrected chi connectivity index (χ2v) is 5.98. The van der Waals surface area contributed by atoms with Crippen molar-refractivity contribution in [2.24, 2.45) is 0 Å².